The van der Waals surface area contributed by atoms with Crippen LogP contribution in [0.3, 0.4) is 0 Å². The lowest BCUT2D eigenvalue weighted by Gasteiger charge is -2.26. The second-order valence-electron chi connectivity index (χ2n) is 5.49. The first kappa shape index (κ1) is 16.7. The quantitative estimate of drug-likeness (QED) is 0.767. The Labute approximate surface area is 129 Å². The lowest BCUT2D eigenvalue weighted by molar-refractivity contribution is -0.122. The van der Waals surface area contributed by atoms with Crippen molar-refractivity contribution in [2.75, 3.05) is 22.8 Å². The second kappa shape index (κ2) is 6.21. The van der Waals surface area contributed by atoms with Crippen LogP contribution in [-0.4, -0.2) is 32.7 Å². The summed E-state index contributed by atoms with van der Waals surface area (Å²) in [6.45, 7) is 2.71. The summed E-state index contributed by atoms with van der Waals surface area (Å²) in [5.41, 5.74) is -0.456. The van der Waals surface area contributed by atoms with Crippen molar-refractivity contribution in [3.63, 3.8) is 0 Å². The Morgan fingerprint density at radius 3 is 2.73 bits per heavy atom. The minimum atomic E-state index is -3.59. The van der Waals surface area contributed by atoms with Crippen molar-refractivity contribution < 1.29 is 17.6 Å². The average Bonchev–Trinajstić information content (AvgIpc) is 2.91. The summed E-state index contributed by atoms with van der Waals surface area (Å²) in [6.07, 6.45) is 3.25. The molecule has 1 heterocycles. The van der Waals surface area contributed by atoms with Gasteiger partial charge in [0.1, 0.15) is 5.82 Å². The van der Waals surface area contributed by atoms with Crippen LogP contribution < -0.4 is 15.4 Å². The highest BCUT2D eigenvalue weighted by atomic mass is 32.2. The number of hydrogen-bond acceptors (Lipinski definition) is 4. The van der Waals surface area contributed by atoms with Crippen LogP contribution in [0.2, 0.25) is 0 Å². The molecule has 6 nitrogen and oxygen atoms in total. The minimum absolute atomic E-state index is 0.190. The van der Waals surface area contributed by atoms with Crippen LogP contribution in [0.25, 0.3) is 0 Å². The molecule has 0 aliphatic carbocycles. The molecule has 1 amide bonds. The van der Waals surface area contributed by atoms with Crippen molar-refractivity contribution in [2.45, 2.75) is 31.7 Å². The number of carbonyl (C=O) groups excluding carboxylic acids is 1. The van der Waals surface area contributed by atoms with Gasteiger partial charge in [-0.05, 0) is 44.0 Å². The summed E-state index contributed by atoms with van der Waals surface area (Å²) in [5, 5.41) is 5.93. The van der Waals surface area contributed by atoms with E-state index in [0.717, 1.165) is 31.7 Å². The molecule has 2 rings (SSSR count). The molecule has 1 aromatic rings. The molecular weight excluding hydrogens is 309 g/mol. The summed E-state index contributed by atoms with van der Waals surface area (Å²) in [6, 6.07) is 3.79. The van der Waals surface area contributed by atoms with E-state index in [1.54, 1.807) is 0 Å². The molecule has 0 spiro atoms. The summed E-state index contributed by atoms with van der Waals surface area (Å²) in [5.74, 6) is -0.892. The lowest BCUT2D eigenvalue weighted by Crippen LogP contribution is -2.50. The van der Waals surface area contributed by atoms with Gasteiger partial charge in [-0.3, -0.25) is 9.52 Å². The Kier molecular flexibility index (Phi) is 4.72. The number of rotatable bonds is 5. The number of anilines is 2. The number of nitrogens with one attached hydrogen (secondary N) is 3. The number of halogens is 1. The highest BCUT2D eigenvalue weighted by Crippen LogP contribution is 2.26. The standard InChI is InChI=1S/C14H20FN3O3S/c1-3-14(7-4-8-16-14)13(19)17-10-5-6-11(15)12(9-10)18-22(2,20)21/h5-6,9,16,18H,3-4,7-8H2,1-2H3,(H,17,19). The van der Waals surface area contributed by atoms with Gasteiger partial charge in [0.15, 0.2) is 0 Å². The first-order valence-electron chi connectivity index (χ1n) is 7.09. The number of hydrogen-bond donors (Lipinski definition) is 3. The fraction of sp³-hybridized carbons (Fsp3) is 0.500. The van der Waals surface area contributed by atoms with Gasteiger partial charge in [0.25, 0.3) is 0 Å². The van der Waals surface area contributed by atoms with Crippen LogP contribution >= 0.6 is 0 Å². The molecule has 0 bridgehead atoms. The molecule has 122 valence electrons. The number of carbonyl (C=O) groups is 1. The van der Waals surface area contributed by atoms with Crippen LogP contribution in [0.4, 0.5) is 15.8 Å². The topological polar surface area (TPSA) is 87.3 Å². The first-order chi connectivity index (χ1) is 10.3. The van der Waals surface area contributed by atoms with Crippen LogP contribution in [0.5, 0.6) is 0 Å². The van der Waals surface area contributed by atoms with Crippen molar-refractivity contribution in [3.8, 4) is 0 Å². The maximum Gasteiger partial charge on any atom is 0.244 e. The maximum absolute atomic E-state index is 13.6. The third-order valence-corrected chi connectivity index (χ3v) is 4.39. The van der Waals surface area contributed by atoms with E-state index in [9.17, 15) is 17.6 Å². The lowest BCUT2D eigenvalue weighted by atomic mass is 9.93. The van der Waals surface area contributed by atoms with Gasteiger partial charge in [-0.25, -0.2) is 12.8 Å². The van der Waals surface area contributed by atoms with Crippen LogP contribution in [0.1, 0.15) is 26.2 Å². The zero-order chi connectivity index (χ0) is 16.4. The van der Waals surface area contributed by atoms with E-state index in [1.165, 1.54) is 12.1 Å². The molecule has 0 aromatic heterocycles. The molecule has 3 N–H and O–H groups in total. The third-order valence-electron chi connectivity index (χ3n) is 3.80. The van der Waals surface area contributed by atoms with Gasteiger partial charge in [0.2, 0.25) is 15.9 Å². The molecule has 1 saturated heterocycles. The molecule has 1 atom stereocenters. The number of amides is 1. The number of benzene rings is 1. The van der Waals surface area contributed by atoms with Crippen molar-refractivity contribution in [1.29, 1.82) is 0 Å². The van der Waals surface area contributed by atoms with Gasteiger partial charge in [0.05, 0.1) is 17.5 Å². The van der Waals surface area contributed by atoms with Crippen LogP contribution in [0, 0.1) is 5.82 Å². The molecule has 1 aliphatic heterocycles. The van der Waals surface area contributed by atoms with Gasteiger partial charge < -0.3 is 10.6 Å². The Bertz CT molecular complexity index is 670. The first-order valence-corrected chi connectivity index (χ1v) is 8.99. The Balaban J connectivity index is 2.19. The van der Waals surface area contributed by atoms with Gasteiger partial charge in [-0.2, -0.15) is 0 Å². The number of sulfonamides is 1. The van der Waals surface area contributed by atoms with Crippen molar-refractivity contribution in [3.05, 3.63) is 24.0 Å². The largest absolute Gasteiger partial charge is 0.324 e. The van der Waals surface area contributed by atoms with E-state index in [0.29, 0.717) is 12.1 Å². The van der Waals surface area contributed by atoms with Crippen molar-refractivity contribution >= 4 is 27.3 Å². The van der Waals surface area contributed by atoms with E-state index < -0.39 is 21.4 Å². The van der Waals surface area contributed by atoms with E-state index in [2.05, 4.69) is 15.4 Å². The van der Waals surface area contributed by atoms with E-state index in [1.807, 2.05) is 6.92 Å². The molecule has 1 fully saturated rings. The fourth-order valence-electron chi connectivity index (χ4n) is 2.59. The zero-order valence-electron chi connectivity index (χ0n) is 12.6. The predicted molar refractivity (Wildman–Crippen MR) is 83.8 cm³/mol. The Morgan fingerprint density at radius 2 is 2.18 bits per heavy atom. The molecule has 8 heteroatoms. The van der Waals surface area contributed by atoms with Crippen molar-refractivity contribution in [1.82, 2.24) is 5.32 Å². The zero-order valence-corrected chi connectivity index (χ0v) is 13.4. The smallest absolute Gasteiger partial charge is 0.244 e. The van der Waals surface area contributed by atoms with Crippen LogP contribution in [0.15, 0.2) is 18.2 Å². The van der Waals surface area contributed by atoms with Gasteiger partial charge in [0, 0.05) is 5.69 Å². The Morgan fingerprint density at radius 1 is 1.45 bits per heavy atom. The molecular formula is C14H20FN3O3S. The highest BCUT2D eigenvalue weighted by molar-refractivity contribution is 7.92. The summed E-state index contributed by atoms with van der Waals surface area (Å²) in [4.78, 5) is 12.4. The van der Waals surface area contributed by atoms with E-state index in [4.69, 9.17) is 0 Å². The normalized spacial score (nSPS) is 21.6. The van der Waals surface area contributed by atoms with Crippen molar-refractivity contribution in [2.24, 2.45) is 0 Å². The Hall–Kier alpha value is -1.67. The molecule has 1 aromatic carbocycles. The van der Waals surface area contributed by atoms with Gasteiger partial charge >= 0.3 is 0 Å². The van der Waals surface area contributed by atoms with Gasteiger partial charge in [-0.1, -0.05) is 6.92 Å². The summed E-state index contributed by atoms with van der Waals surface area (Å²) < 4.78 is 38.1. The summed E-state index contributed by atoms with van der Waals surface area (Å²) >= 11 is 0. The van der Waals surface area contributed by atoms with Gasteiger partial charge in [-0.15, -0.1) is 0 Å². The summed E-state index contributed by atoms with van der Waals surface area (Å²) in [7, 11) is -3.59. The molecule has 22 heavy (non-hydrogen) atoms. The molecule has 1 aliphatic rings. The fourth-order valence-corrected chi connectivity index (χ4v) is 3.15. The molecule has 0 radical (unpaired) electrons. The average molecular weight is 329 g/mol. The maximum atomic E-state index is 13.6. The monoisotopic (exact) mass is 329 g/mol. The third kappa shape index (κ3) is 3.75. The van der Waals surface area contributed by atoms with Crippen LogP contribution in [-0.2, 0) is 14.8 Å². The highest BCUT2D eigenvalue weighted by Gasteiger charge is 2.39. The second-order valence-corrected chi connectivity index (χ2v) is 7.24. The molecule has 0 saturated carbocycles. The minimum Gasteiger partial charge on any atom is -0.324 e. The SMILES string of the molecule is CCC1(C(=O)Nc2ccc(F)c(NS(C)(=O)=O)c2)CCCN1. The van der Waals surface area contributed by atoms with E-state index in [-0.39, 0.29) is 11.6 Å². The predicted octanol–water partition coefficient (Wildman–Crippen LogP) is 1.67. The van der Waals surface area contributed by atoms with E-state index >= 15 is 0 Å². The molecule has 1 unspecified atom stereocenters.